The lowest BCUT2D eigenvalue weighted by molar-refractivity contribution is -0.159. The maximum atomic E-state index is 12.1. The van der Waals surface area contributed by atoms with E-state index in [0.717, 1.165) is 19.3 Å². The first-order valence-corrected chi connectivity index (χ1v) is 7.09. The minimum absolute atomic E-state index is 0.268. The second-order valence-electron chi connectivity index (χ2n) is 5.14. The summed E-state index contributed by atoms with van der Waals surface area (Å²) in [6.07, 6.45) is 6.14. The molecule has 1 saturated carbocycles. The van der Waals surface area contributed by atoms with Crippen LogP contribution < -0.4 is 0 Å². The summed E-state index contributed by atoms with van der Waals surface area (Å²) in [5, 5.41) is 0.311. The highest BCUT2D eigenvalue weighted by atomic mass is 35.5. The largest absolute Gasteiger partial charge is 0.330 e. The molecule has 106 valence electrons. The standard InChI is InChI=1S/C13H15ClN4O2/c14-11-7-15-9(6-16-11)8-17-4-5-18(10-2-1-3-10)13(20)12(17)19/h6-7,10H,1-5,8H2. The molecule has 2 aliphatic rings. The van der Waals surface area contributed by atoms with Crippen molar-refractivity contribution in [2.24, 2.45) is 0 Å². The van der Waals surface area contributed by atoms with Crippen LogP contribution in [0.25, 0.3) is 0 Å². The molecule has 6 nitrogen and oxygen atoms in total. The van der Waals surface area contributed by atoms with Crippen molar-refractivity contribution in [2.75, 3.05) is 13.1 Å². The van der Waals surface area contributed by atoms with Gasteiger partial charge in [0.25, 0.3) is 0 Å². The van der Waals surface area contributed by atoms with Gasteiger partial charge in [-0.1, -0.05) is 11.6 Å². The quantitative estimate of drug-likeness (QED) is 0.775. The van der Waals surface area contributed by atoms with Crippen molar-refractivity contribution in [3.05, 3.63) is 23.2 Å². The van der Waals surface area contributed by atoms with Gasteiger partial charge in [0, 0.05) is 19.1 Å². The third-order valence-corrected chi connectivity index (χ3v) is 4.08. The molecule has 1 aromatic rings. The van der Waals surface area contributed by atoms with Gasteiger partial charge in [-0.15, -0.1) is 0 Å². The van der Waals surface area contributed by atoms with E-state index in [1.165, 1.54) is 17.3 Å². The second kappa shape index (κ2) is 5.36. The minimum atomic E-state index is -0.445. The lowest BCUT2D eigenvalue weighted by Gasteiger charge is -2.42. The summed E-state index contributed by atoms with van der Waals surface area (Å²) < 4.78 is 0. The van der Waals surface area contributed by atoms with Crippen LogP contribution in [0, 0.1) is 0 Å². The highest BCUT2D eigenvalue weighted by Gasteiger charge is 2.38. The maximum absolute atomic E-state index is 12.1. The Bertz CT molecular complexity index is 530. The molecule has 2 fully saturated rings. The summed E-state index contributed by atoms with van der Waals surface area (Å²) in [6.45, 7) is 1.45. The van der Waals surface area contributed by atoms with Gasteiger partial charge >= 0.3 is 11.8 Å². The lowest BCUT2D eigenvalue weighted by Crippen LogP contribution is -2.58. The fourth-order valence-electron chi connectivity index (χ4n) is 2.50. The molecule has 0 N–H and O–H groups in total. The van der Waals surface area contributed by atoms with Gasteiger partial charge in [-0.3, -0.25) is 14.6 Å². The first kappa shape index (κ1) is 13.3. The molecule has 0 unspecified atom stereocenters. The van der Waals surface area contributed by atoms with Gasteiger partial charge in [-0.2, -0.15) is 0 Å². The molecule has 0 aromatic carbocycles. The molecule has 7 heteroatoms. The zero-order valence-corrected chi connectivity index (χ0v) is 11.7. The molecule has 3 rings (SSSR count). The average Bonchev–Trinajstić information content (AvgIpc) is 2.39. The first-order valence-electron chi connectivity index (χ1n) is 6.71. The van der Waals surface area contributed by atoms with E-state index in [1.807, 2.05) is 0 Å². The van der Waals surface area contributed by atoms with Crippen LogP contribution in [0.2, 0.25) is 5.15 Å². The molecule has 1 aliphatic heterocycles. The van der Waals surface area contributed by atoms with Crippen LogP contribution in [0.15, 0.2) is 12.4 Å². The molecule has 0 radical (unpaired) electrons. The molecule has 2 heterocycles. The monoisotopic (exact) mass is 294 g/mol. The van der Waals surface area contributed by atoms with Gasteiger partial charge in [-0.25, -0.2) is 4.98 Å². The minimum Gasteiger partial charge on any atom is -0.330 e. The Morgan fingerprint density at radius 2 is 1.95 bits per heavy atom. The van der Waals surface area contributed by atoms with Crippen molar-refractivity contribution in [3.63, 3.8) is 0 Å². The number of rotatable bonds is 3. The van der Waals surface area contributed by atoms with Gasteiger partial charge in [0.15, 0.2) is 0 Å². The number of halogens is 1. The maximum Gasteiger partial charge on any atom is 0.312 e. The first-order chi connectivity index (χ1) is 9.65. The molecular weight excluding hydrogens is 280 g/mol. The Morgan fingerprint density at radius 3 is 2.55 bits per heavy atom. The number of hydrogen-bond acceptors (Lipinski definition) is 4. The zero-order valence-electron chi connectivity index (χ0n) is 11.0. The summed E-state index contributed by atoms with van der Waals surface area (Å²) in [4.78, 5) is 35.5. The van der Waals surface area contributed by atoms with Gasteiger partial charge < -0.3 is 9.80 Å². The third-order valence-electron chi connectivity index (χ3n) is 3.88. The third kappa shape index (κ3) is 2.47. The average molecular weight is 295 g/mol. The molecule has 0 atom stereocenters. The molecule has 1 aromatic heterocycles. The zero-order chi connectivity index (χ0) is 14.1. The Labute approximate surface area is 121 Å². The van der Waals surface area contributed by atoms with E-state index in [9.17, 15) is 9.59 Å². The van der Waals surface area contributed by atoms with E-state index < -0.39 is 5.91 Å². The van der Waals surface area contributed by atoms with Crippen LogP contribution in [0.5, 0.6) is 0 Å². The van der Waals surface area contributed by atoms with Gasteiger partial charge in [-0.05, 0) is 19.3 Å². The Kier molecular flexibility index (Phi) is 3.56. The van der Waals surface area contributed by atoms with E-state index >= 15 is 0 Å². The highest BCUT2D eigenvalue weighted by molar-refractivity contribution is 6.35. The van der Waals surface area contributed by atoms with Crippen LogP contribution >= 0.6 is 11.6 Å². The fraction of sp³-hybridized carbons (Fsp3) is 0.538. The molecule has 1 saturated heterocycles. The van der Waals surface area contributed by atoms with E-state index in [2.05, 4.69) is 9.97 Å². The van der Waals surface area contributed by atoms with Crippen molar-refractivity contribution < 1.29 is 9.59 Å². The van der Waals surface area contributed by atoms with Crippen molar-refractivity contribution >= 4 is 23.4 Å². The number of carbonyl (C=O) groups is 2. The van der Waals surface area contributed by atoms with Crippen LogP contribution in [0.4, 0.5) is 0 Å². The number of piperazine rings is 1. The number of nitrogens with zero attached hydrogens (tertiary/aromatic N) is 4. The van der Waals surface area contributed by atoms with Gasteiger partial charge in [0.2, 0.25) is 0 Å². The summed E-state index contributed by atoms with van der Waals surface area (Å²) >= 11 is 5.67. The molecule has 0 bridgehead atoms. The topological polar surface area (TPSA) is 66.4 Å². The summed E-state index contributed by atoms with van der Waals surface area (Å²) in [7, 11) is 0. The van der Waals surface area contributed by atoms with Crippen LogP contribution in [-0.2, 0) is 16.1 Å². The Balaban J connectivity index is 1.65. The summed E-state index contributed by atoms with van der Waals surface area (Å²) in [5.41, 5.74) is 0.632. The molecule has 0 spiro atoms. The van der Waals surface area contributed by atoms with E-state index in [-0.39, 0.29) is 11.9 Å². The normalized spacial score (nSPS) is 20.2. The Hall–Kier alpha value is -1.69. The van der Waals surface area contributed by atoms with Crippen LogP contribution in [0.1, 0.15) is 25.0 Å². The van der Waals surface area contributed by atoms with Crippen molar-refractivity contribution in [1.82, 2.24) is 19.8 Å². The Morgan fingerprint density at radius 1 is 1.15 bits per heavy atom. The summed E-state index contributed by atoms with van der Waals surface area (Å²) in [6, 6.07) is 0.268. The fourth-order valence-corrected chi connectivity index (χ4v) is 2.60. The van der Waals surface area contributed by atoms with Crippen molar-refractivity contribution in [1.29, 1.82) is 0 Å². The predicted octanol–water partition coefficient (Wildman–Crippen LogP) is 0.853. The molecular formula is C13H15ClN4O2. The van der Waals surface area contributed by atoms with Crippen molar-refractivity contribution in [3.8, 4) is 0 Å². The predicted molar refractivity (Wildman–Crippen MR) is 71.8 cm³/mol. The van der Waals surface area contributed by atoms with E-state index in [4.69, 9.17) is 11.6 Å². The SMILES string of the molecule is O=C1C(=O)N(C2CCC2)CCN1Cc1cnc(Cl)cn1. The lowest BCUT2D eigenvalue weighted by atomic mass is 9.91. The van der Waals surface area contributed by atoms with Gasteiger partial charge in [0.1, 0.15) is 5.15 Å². The molecule has 2 amide bonds. The van der Waals surface area contributed by atoms with Crippen LogP contribution in [-0.4, -0.2) is 50.7 Å². The van der Waals surface area contributed by atoms with Crippen LogP contribution in [0.3, 0.4) is 0 Å². The van der Waals surface area contributed by atoms with Crippen molar-refractivity contribution in [2.45, 2.75) is 31.8 Å². The van der Waals surface area contributed by atoms with Gasteiger partial charge in [0.05, 0.1) is 24.6 Å². The molecule has 1 aliphatic carbocycles. The summed E-state index contributed by atoms with van der Waals surface area (Å²) in [5.74, 6) is -0.831. The highest BCUT2D eigenvalue weighted by Crippen LogP contribution is 2.26. The number of hydrogen-bond donors (Lipinski definition) is 0. The smallest absolute Gasteiger partial charge is 0.312 e. The number of amides is 2. The number of carbonyl (C=O) groups excluding carboxylic acids is 2. The number of aromatic nitrogens is 2. The second-order valence-corrected chi connectivity index (χ2v) is 5.53. The molecule has 20 heavy (non-hydrogen) atoms. The van der Waals surface area contributed by atoms with E-state index in [1.54, 1.807) is 4.90 Å². The van der Waals surface area contributed by atoms with E-state index in [0.29, 0.717) is 30.5 Å².